The van der Waals surface area contributed by atoms with Crippen LogP contribution in [0.1, 0.15) is 24.1 Å². The Morgan fingerprint density at radius 1 is 1.60 bits per heavy atom. The number of nitrogens with two attached hydrogens (primary N) is 1. The number of halogens is 1. The topological polar surface area (TPSA) is 46.2 Å². The van der Waals surface area contributed by atoms with Crippen molar-refractivity contribution in [1.29, 1.82) is 0 Å². The van der Waals surface area contributed by atoms with Crippen LogP contribution in [-0.4, -0.2) is 17.8 Å². The summed E-state index contributed by atoms with van der Waals surface area (Å²) in [5.41, 5.74) is 5.72. The number of hydrogen-bond donors (Lipinski definition) is 2. The predicted molar refractivity (Wildman–Crippen MR) is 64.4 cm³/mol. The van der Waals surface area contributed by atoms with Crippen LogP contribution in [0.3, 0.4) is 0 Å². The van der Waals surface area contributed by atoms with Crippen LogP contribution in [0.2, 0.25) is 4.34 Å². The van der Waals surface area contributed by atoms with Gasteiger partial charge in [0.25, 0.3) is 0 Å². The number of hydrogen-bond acceptors (Lipinski definition) is 3. The molecule has 0 radical (unpaired) electrons. The van der Waals surface area contributed by atoms with Crippen molar-refractivity contribution in [2.75, 3.05) is 6.54 Å². The molecule has 0 saturated heterocycles. The lowest BCUT2D eigenvalue weighted by Gasteiger charge is -2.30. The first-order chi connectivity index (χ1) is 7.16. The first-order valence-corrected chi connectivity index (χ1v) is 6.48. The minimum Gasteiger partial charge on any atom is -0.392 e. The SMILES string of the molecule is NCC1(Cc2ccc(Cl)s2)CCCC1O. The minimum absolute atomic E-state index is 0.103. The lowest BCUT2D eigenvalue weighted by atomic mass is 9.80. The van der Waals surface area contributed by atoms with E-state index < -0.39 is 0 Å². The van der Waals surface area contributed by atoms with Crippen molar-refractivity contribution in [2.45, 2.75) is 31.8 Å². The summed E-state index contributed by atoms with van der Waals surface area (Å²) in [6.45, 7) is 0.559. The average Bonchev–Trinajstić information content (AvgIpc) is 2.76. The van der Waals surface area contributed by atoms with Gasteiger partial charge in [0.1, 0.15) is 0 Å². The molecule has 0 bridgehead atoms. The lowest BCUT2D eigenvalue weighted by Crippen LogP contribution is -2.39. The summed E-state index contributed by atoms with van der Waals surface area (Å²) in [4.78, 5) is 1.23. The van der Waals surface area contributed by atoms with Crippen molar-refractivity contribution in [2.24, 2.45) is 11.1 Å². The molecular formula is C11H16ClNOS. The van der Waals surface area contributed by atoms with Gasteiger partial charge in [-0.2, -0.15) is 0 Å². The molecule has 2 rings (SSSR count). The largest absolute Gasteiger partial charge is 0.392 e. The molecule has 1 aliphatic carbocycles. The highest BCUT2D eigenvalue weighted by Gasteiger charge is 2.41. The number of rotatable bonds is 3. The zero-order valence-corrected chi connectivity index (χ0v) is 10.2. The highest BCUT2D eigenvalue weighted by atomic mass is 35.5. The van der Waals surface area contributed by atoms with E-state index in [9.17, 15) is 5.11 Å². The third-order valence-electron chi connectivity index (χ3n) is 3.42. The van der Waals surface area contributed by atoms with Crippen LogP contribution < -0.4 is 5.73 Å². The van der Waals surface area contributed by atoms with Gasteiger partial charge in [0, 0.05) is 16.8 Å². The maximum absolute atomic E-state index is 10.00. The highest BCUT2D eigenvalue weighted by molar-refractivity contribution is 7.16. The number of thiophene rings is 1. The summed E-state index contributed by atoms with van der Waals surface area (Å²) >= 11 is 7.48. The van der Waals surface area contributed by atoms with Gasteiger partial charge in [0.05, 0.1) is 10.4 Å². The van der Waals surface area contributed by atoms with Crippen LogP contribution in [0.5, 0.6) is 0 Å². The van der Waals surface area contributed by atoms with E-state index in [4.69, 9.17) is 17.3 Å². The minimum atomic E-state index is -0.247. The van der Waals surface area contributed by atoms with Gasteiger partial charge in [0.2, 0.25) is 0 Å². The Morgan fingerprint density at radius 3 is 2.87 bits per heavy atom. The fourth-order valence-corrected chi connectivity index (χ4v) is 3.67. The van der Waals surface area contributed by atoms with Gasteiger partial charge in [-0.15, -0.1) is 11.3 Å². The third-order valence-corrected chi connectivity index (χ3v) is 4.65. The molecule has 3 N–H and O–H groups in total. The molecule has 2 nitrogen and oxygen atoms in total. The Balaban J connectivity index is 2.14. The fourth-order valence-electron chi connectivity index (χ4n) is 2.43. The van der Waals surface area contributed by atoms with Crippen LogP contribution in [0.25, 0.3) is 0 Å². The molecule has 0 aromatic carbocycles. The molecule has 1 fully saturated rings. The van der Waals surface area contributed by atoms with E-state index in [-0.39, 0.29) is 11.5 Å². The average molecular weight is 246 g/mol. The highest BCUT2D eigenvalue weighted by Crippen LogP contribution is 2.41. The van der Waals surface area contributed by atoms with E-state index in [0.29, 0.717) is 6.54 Å². The number of aliphatic hydroxyl groups excluding tert-OH is 1. The Bertz CT molecular complexity index is 341. The molecule has 2 atom stereocenters. The summed E-state index contributed by atoms with van der Waals surface area (Å²) in [6, 6.07) is 3.95. The fraction of sp³-hybridized carbons (Fsp3) is 0.636. The first kappa shape index (κ1) is 11.4. The van der Waals surface area contributed by atoms with Crippen molar-refractivity contribution in [3.8, 4) is 0 Å². The van der Waals surface area contributed by atoms with Crippen LogP contribution in [-0.2, 0) is 6.42 Å². The third kappa shape index (κ3) is 2.21. The Kier molecular flexibility index (Phi) is 3.36. The zero-order valence-electron chi connectivity index (χ0n) is 8.58. The Labute approximate surface area is 99.1 Å². The lowest BCUT2D eigenvalue weighted by molar-refractivity contribution is 0.0594. The van der Waals surface area contributed by atoms with Crippen LogP contribution >= 0.6 is 22.9 Å². The molecule has 0 aliphatic heterocycles. The molecule has 1 heterocycles. The summed E-state index contributed by atoms with van der Waals surface area (Å²) in [6.07, 6.45) is 3.61. The first-order valence-electron chi connectivity index (χ1n) is 5.29. The quantitative estimate of drug-likeness (QED) is 0.859. The number of aliphatic hydroxyl groups is 1. The van der Waals surface area contributed by atoms with Gasteiger partial charge in [-0.1, -0.05) is 18.0 Å². The van der Waals surface area contributed by atoms with E-state index in [1.54, 1.807) is 11.3 Å². The van der Waals surface area contributed by atoms with Crippen molar-refractivity contribution >= 4 is 22.9 Å². The van der Waals surface area contributed by atoms with E-state index in [2.05, 4.69) is 0 Å². The molecule has 0 spiro atoms. The summed E-state index contributed by atoms with van der Waals surface area (Å²) in [5, 5.41) is 10.00. The molecule has 15 heavy (non-hydrogen) atoms. The van der Waals surface area contributed by atoms with E-state index in [1.165, 1.54) is 4.88 Å². The van der Waals surface area contributed by atoms with Crippen LogP contribution in [0, 0.1) is 5.41 Å². The summed E-state index contributed by atoms with van der Waals surface area (Å²) in [5.74, 6) is 0. The molecule has 4 heteroatoms. The molecule has 0 amide bonds. The standard InChI is InChI=1S/C11H16ClNOS/c12-10-4-3-8(15-10)6-11(7-13)5-1-2-9(11)14/h3-4,9,14H,1-2,5-7,13H2. The van der Waals surface area contributed by atoms with Crippen molar-refractivity contribution in [1.82, 2.24) is 0 Å². The van der Waals surface area contributed by atoms with Gasteiger partial charge in [-0.25, -0.2) is 0 Å². The molecule has 2 unspecified atom stereocenters. The summed E-state index contributed by atoms with van der Waals surface area (Å²) < 4.78 is 0.810. The Hall–Kier alpha value is -0.0900. The van der Waals surface area contributed by atoms with Crippen molar-refractivity contribution in [3.63, 3.8) is 0 Å². The summed E-state index contributed by atoms with van der Waals surface area (Å²) in [7, 11) is 0. The van der Waals surface area contributed by atoms with Gasteiger partial charge < -0.3 is 10.8 Å². The smallest absolute Gasteiger partial charge is 0.0931 e. The maximum atomic E-state index is 10.00. The normalized spacial score (nSPS) is 31.0. The zero-order chi connectivity index (χ0) is 10.9. The molecule has 1 aromatic rings. The van der Waals surface area contributed by atoms with Crippen LogP contribution in [0.15, 0.2) is 12.1 Å². The van der Waals surface area contributed by atoms with E-state index in [0.717, 1.165) is 30.0 Å². The predicted octanol–water partition coefficient (Wildman–Crippen LogP) is 2.43. The van der Waals surface area contributed by atoms with Crippen molar-refractivity contribution in [3.05, 3.63) is 21.3 Å². The molecule has 84 valence electrons. The molecule has 1 aromatic heterocycles. The molecule has 1 aliphatic rings. The monoisotopic (exact) mass is 245 g/mol. The van der Waals surface area contributed by atoms with Gasteiger partial charge >= 0.3 is 0 Å². The van der Waals surface area contributed by atoms with E-state index >= 15 is 0 Å². The van der Waals surface area contributed by atoms with Crippen molar-refractivity contribution < 1.29 is 5.11 Å². The molecular weight excluding hydrogens is 230 g/mol. The maximum Gasteiger partial charge on any atom is 0.0931 e. The van der Waals surface area contributed by atoms with Gasteiger partial charge in [-0.3, -0.25) is 0 Å². The second-order valence-electron chi connectivity index (χ2n) is 4.36. The van der Waals surface area contributed by atoms with Gasteiger partial charge in [0.15, 0.2) is 0 Å². The second kappa shape index (κ2) is 4.42. The van der Waals surface area contributed by atoms with E-state index in [1.807, 2.05) is 12.1 Å². The molecule has 1 saturated carbocycles. The Morgan fingerprint density at radius 2 is 2.40 bits per heavy atom. The van der Waals surface area contributed by atoms with Crippen LogP contribution in [0.4, 0.5) is 0 Å². The van der Waals surface area contributed by atoms with Gasteiger partial charge in [-0.05, 0) is 31.4 Å². The second-order valence-corrected chi connectivity index (χ2v) is 6.16.